The zero-order chi connectivity index (χ0) is 22.2. The van der Waals surface area contributed by atoms with Gasteiger partial charge in [-0.2, -0.15) is 5.26 Å². The highest BCUT2D eigenvalue weighted by atomic mass is 28.3. The van der Waals surface area contributed by atoms with Crippen LogP contribution in [0.2, 0.25) is 16.6 Å². The molecule has 0 spiro atoms. The minimum atomic E-state index is -1.87. The van der Waals surface area contributed by atoms with E-state index >= 15 is 0 Å². The van der Waals surface area contributed by atoms with Crippen LogP contribution in [0.15, 0.2) is 48.7 Å². The van der Waals surface area contributed by atoms with Gasteiger partial charge in [-0.3, -0.25) is 0 Å². The number of aliphatic hydroxyl groups is 1. The van der Waals surface area contributed by atoms with Crippen LogP contribution in [0.1, 0.15) is 64.3 Å². The van der Waals surface area contributed by atoms with Crippen LogP contribution in [0, 0.1) is 17.1 Å². The van der Waals surface area contributed by atoms with Crippen molar-refractivity contribution >= 4 is 19.1 Å². The van der Waals surface area contributed by atoms with Crippen molar-refractivity contribution in [1.29, 1.82) is 5.26 Å². The third kappa shape index (κ3) is 3.49. The van der Waals surface area contributed by atoms with E-state index in [0.717, 1.165) is 10.9 Å². The van der Waals surface area contributed by atoms with E-state index in [4.69, 9.17) is 5.26 Å². The second-order valence-electron chi connectivity index (χ2n) is 9.11. The summed E-state index contributed by atoms with van der Waals surface area (Å²) in [5, 5.41) is 21.0. The van der Waals surface area contributed by atoms with Crippen molar-refractivity contribution in [2.75, 3.05) is 0 Å². The van der Waals surface area contributed by atoms with Crippen LogP contribution in [0.5, 0.6) is 0 Å². The number of aliphatic hydroxyl groups excluding tert-OH is 1. The smallest absolute Gasteiger partial charge is 0.169 e. The van der Waals surface area contributed by atoms with Gasteiger partial charge < -0.3 is 9.34 Å². The normalized spacial score (nSPS) is 13.4. The first-order valence-corrected chi connectivity index (χ1v) is 12.8. The van der Waals surface area contributed by atoms with Crippen LogP contribution in [0.3, 0.4) is 0 Å². The number of fused-ring (bicyclic) bond motifs is 1. The molecule has 0 amide bonds. The number of hydrogen-bond acceptors (Lipinski definition) is 2. The van der Waals surface area contributed by atoms with Gasteiger partial charge in [-0.15, -0.1) is 0 Å². The molecular formula is C25H31FN2OSi. The molecule has 1 unspecified atom stereocenters. The Morgan fingerprint density at radius 1 is 0.900 bits per heavy atom. The minimum Gasteiger partial charge on any atom is -0.384 e. The van der Waals surface area contributed by atoms with E-state index in [2.05, 4.69) is 64.1 Å². The largest absolute Gasteiger partial charge is 0.384 e. The fourth-order valence-corrected chi connectivity index (χ4v) is 12.1. The van der Waals surface area contributed by atoms with E-state index in [0.29, 0.717) is 22.2 Å². The van der Waals surface area contributed by atoms with E-state index < -0.39 is 20.2 Å². The van der Waals surface area contributed by atoms with Crippen molar-refractivity contribution in [3.05, 3.63) is 71.2 Å². The Labute approximate surface area is 179 Å². The average molecular weight is 423 g/mol. The van der Waals surface area contributed by atoms with E-state index in [1.807, 2.05) is 18.2 Å². The number of nitrogens with zero attached hydrogens (tertiary/aromatic N) is 2. The van der Waals surface area contributed by atoms with E-state index in [-0.39, 0.29) is 5.56 Å². The van der Waals surface area contributed by atoms with Gasteiger partial charge in [0.15, 0.2) is 8.24 Å². The van der Waals surface area contributed by atoms with Crippen molar-refractivity contribution in [3.8, 4) is 6.07 Å². The summed E-state index contributed by atoms with van der Waals surface area (Å²) >= 11 is 0. The van der Waals surface area contributed by atoms with Crippen molar-refractivity contribution in [1.82, 2.24) is 4.23 Å². The van der Waals surface area contributed by atoms with Crippen LogP contribution in [0.25, 0.3) is 10.9 Å². The van der Waals surface area contributed by atoms with Gasteiger partial charge in [0, 0.05) is 5.52 Å². The molecule has 1 aromatic heterocycles. The van der Waals surface area contributed by atoms with Crippen molar-refractivity contribution in [2.24, 2.45) is 0 Å². The second-order valence-corrected chi connectivity index (χ2v) is 14.8. The molecule has 30 heavy (non-hydrogen) atoms. The van der Waals surface area contributed by atoms with Gasteiger partial charge in [0.2, 0.25) is 0 Å². The summed E-state index contributed by atoms with van der Waals surface area (Å²) in [6.07, 6.45) is 1.31. The maximum Gasteiger partial charge on any atom is 0.169 e. The van der Waals surface area contributed by atoms with Crippen LogP contribution in [0.4, 0.5) is 4.39 Å². The van der Waals surface area contributed by atoms with Gasteiger partial charge in [-0.05, 0) is 69.7 Å². The Bertz CT molecular complexity index is 1070. The van der Waals surface area contributed by atoms with Crippen molar-refractivity contribution in [2.45, 2.75) is 64.3 Å². The summed E-state index contributed by atoms with van der Waals surface area (Å²) in [7, 11) is -1.87. The molecule has 0 aliphatic heterocycles. The molecule has 2 aromatic carbocycles. The third-order valence-corrected chi connectivity index (χ3v) is 13.4. The summed E-state index contributed by atoms with van der Waals surface area (Å²) in [6.45, 7) is 14.1. The van der Waals surface area contributed by atoms with E-state index in [9.17, 15) is 9.50 Å². The Kier molecular flexibility index (Phi) is 6.21. The minimum absolute atomic E-state index is 0.0552. The zero-order valence-electron chi connectivity index (χ0n) is 18.6. The Balaban J connectivity index is 2.09. The summed E-state index contributed by atoms with van der Waals surface area (Å²) in [4.78, 5) is 0. The predicted molar refractivity (Wildman–Crippen MR) is 124 cm³/mol. The molecule has 0 aliphatic rings. The van der Waals surface area contributed by atoms with Crippen LogP contribution < -0.4 is 0 Å². The summed E-state index contributed by atoms with van der Waals surface area (Å²) in [5.74, 6) is -0.571. The van der Waals surface area contributed by atoms with Gasteiger partial charge in [0.25, 0.3) is 0 Å². The highest BCUT2D eigenvalue weighted by Crippen LogP contribution is 2.44. The van der Waals surface area contributed by atoms with Gasteiger partial charge >= 0.3 is 0 Å². The standard InChI is InChI=1S/C25H31FN2OSi/c1-16(2)30(17(3)4,18(5)6)28-12-11-19-13-21(8-10-24(19)28)25(29)20-7-9-23(26)22(14-20)15-27/h7-14,16-18,25,29H,1-6H3. The third-order valence-electron chi connectivity index (χ3n) is 6.65. The SMILES string of the molecule is CC(C)[Si](C(C)C)(C(C)C)n1ccc2cc(C(O)c3ccc(F)c(C#N)c3)ccc21. The van der Waals surface area contributed by atoms with Crippen LogP contribution >= 0.6 is 0 Å². The van der Waals surface area contributed by atoms with Gasteiger partial charge in [0.05, 0.1) is 5.56 Å². The molecule has 158 valence electrons. The molecule has 0 saturated carbocycles. The number of benzene rings is 2. The molecule has 1 N–H and O–H groups in total. The maximum absolute atomic E-state index is 13.7. The molecule has 3 aromatic rings. The van der Waals surface area contributed by atoms with Crippen LogP contribution in [-0.4, -0.2) is 17.6 Å². The first-order valence-electron chi connectivity index (χ1n) is 10.6. The number of nitriles is 1. The first-order chi connectivity index (χ1) is 14.1. The molecule has 0 bridgehead atoms. The second kappa shape index (κ2) is 8.37. The Morgan fingerprint density at radius 2 is 1.47 bits per heavy atom. The number of aromatic nitrogens is 1. The molecular weight excluding hydrogens is 391 g/mol. The first kappa shape index (κ1) is 22.3. The molecule has 3 nitrogen and oxygen atoms in total. The molecule has 1 atom stereocenters. The fourth-order valence-electron chi connectivity index (χ4n) is 5.49. The lowest BCUT2D eigenvalue weighted by Crippen LogP contribution is -2.51. The van der Waals surface area contributed by atoms with Crippen LogP contribution in [-0.2, 0) is 0 Å². The number of hydrogen-bond donors (Lipinski definition) is 1. The lowest BCUT2D eigenvalue weighted by molar-refractivity contribution is 0.220. The molecule has 0 radical (unpaired) electrons. The zero-order valence-corrected chi connectivity index (χ0v) is 19.6. The molecule has 0 fully saturated rings. The summed E-state index contributed by atoms with van der Waals surface area (Å²) in [5.41, 5.74) is 4.15. The highest BCUT2D eigenvalue weighted by Gasteiger charge is 2.45. The molecule has 3 rings (SSSR count). The fraction of sp³-hybridized carbons (Fsp3) is 0.400. The van der Waals surface area contributed by atoms with Crippen molar-refractivity contribution < 1.29 is 9.50 Å². The molecule has 0 aliphatic carbocycles. The predicted octanol–water partition coefficient (Wildman–Crippen LogP) is 6.76. The van der Waals surface area contributed by atoms with Crippen molar-refractivity contribution in [3.63, 3.8) is 0 Å². The highest BCUT2D eigenvalue weighted by molar-refractivity contribution is 6.82. The maximum atomic E-state index is 13.7. The number of halogens is 1. The molecule has 5 heteroatoms. The summed E-state index contributed by atoms with van der Waals surface area (Å²) < 4.78 is 16.2. The monoisotopic (exact) mass is 422 g/mol. The quantitative estimate of drug-likeness (QED) is 0.446. The Hall–Kier alpha value is -2.42. The number of rotatable bonds is 6. The van der Waals surface area contributed by atoms with Gasteiger partial charge in [0.1, 0.15) is 18.0 Å². The van der Waals surface area contributed by atoms with Gasteiger partial charge in [-0.1, -0.05) is 53.7 Å². The molecule has 1 heterocycles. The average Bonchev–Trinajstić information content (AvgIpc) is 3.11. The van der Waals surface area contributed by atoms with Gasteiger partial charge in [-0.25, -0.2) is 4.39 Å². The van der Waals surface area contributed by atoms with E-state index in [1.54, 1.807) is 0 Å². The lowest BCUT2D eigenvalue weighted by atomic mass is 9.99. The molecule has 0 saturated heterocycles. The topological polar surface area (TPSA) is 49.0 Å². The lowest BCUT2D eigenvalue weighted by Gasteiger charge is -2.44. The summed E-state index contributed by atoms with van der Waals surface area (Å²) in [6, 6.07) is 14.2. The van der Waals surface area contributed by atoms with E-state index in [1.165, 1.54) is 23.7 Å². The Morgan fingerprint density at radius 3 is 2.03 bits per heavy atom.